The summed E-state index contributed by atoms with van der Waals surface area (Å²) in [4.78, 5) is 24.1. The number of benzene rings is 2. The van der Waals surface area contributed by atoms with Crippen LogP contribution in [-0.4, -0.2) is 32.7 Å². The molecule has 0 bridgehead atoms. The first-order valence-electron chi connectivity index (χ1n) is 8.23. The lowest BCUT2D eigenvalue weighted by atomic mass is 10.0. The molecule has 138 valence electrons. The van der Waals surface area contributed by atoms with Crippen molar-refractivity contribution in [1.29, 1.82) is 0 Å². The minimum atomic E-state index is -0.544. The summed E-state index contributed by atoms with van der Waals surface area (Å²) in [6.07, 6.45) is 0. The molecule has 0 saturated heterocycles. The van der Waals surface area contributed by atoms with Gasteiger partial charge in [0.25, 0.3) is 5.91 Å². The lowest BCUT2D eigenvalue weighted by Crippen LogP contribution is -2.21. The monoisotopic (exact) mass is 357 g/mol. The van der Waals surface area contributed by atoms with Crippen molar-refractivity contribution in [3.63, 3.8) is 0 Å². The number of ether oxygens (including phenoxy) is 3. The summed E-state index contributed by atoms with van der Waals surface area (Å²) < 4.78 is 15.4. The van der Waals surface area contributed by atoms with Crippen molar-refractivity contribution in [1.82, 2.24) is 0 Å². The first-order chi connectivity index (χ1) is 12.4. The van der Waals surface area contributed by atoms with E-state index in [-0.39, 0.29) is 6.61 Å². The van der Waals surface area contributed by atoms with Crippen molar-refractivity contribution in [2.45, 2.75) is 19.8 Å². The minimum Gasteiger partial charge on any atom is -0.497 e. The number of esters is 1. The maximum absolute atomic E-state index is 12.0. The summed E-state index contributed by atoms with van der Waals surface area (Å²) in [7, 11) is 3.03. The second kappa shape index (κ2) is 8.89. The Balaban J connectivity index is 1.93. The second-order valence-electron chi connectivity index (χ2n) is 5.97. The van der Waals surface area contributed by atoms with Crippen molar-refractivity contribution in [3.8, 4) is 11.5 Å². The molecule has 0 spiro atoms. The maximum Gasteiger partial charge on any atom is 0.338 e. The third-order valence-electron chi connectivity index (χ3n) is 3.83. The van der Waals surface area contributed by atoms with E-state index in [4.69, 9.17) is 14.2 Å². The topological polar surface area (TPSA) is 73.9 Å². The van der Waals surface area contributed by atoms with Gasteiger partial charge < -0.3 is 19.5 Å². The third kappa shape index (κ3) is 4.99. The van der Waals surface area contributed by atoms with Crippen molar-refractivity contribution in [2.24, 2.45) is 0 Å². The first-order valence-corrected chi connectivity index (χ1v) is 8.23. The van der Waals surface area contributed by atoms with Crippen LogP contribution in [0, 0.1) is 0 Å². The zero-order valence-electron chi connectivity index (χ0n) is 15.4. The number of nitrogens with one attached hydrogen (secondary N) is 1. The number of carbonyl (C=O) groups excluding carboxylic acids is 2. The Morgan fingerprint density at radius 3 is 2.27 bits per heavy atom. The molecule has 0 radical (unpaired) electrons. The lowest BCUT2D eigenvalue weighted by molar-refractivity contribution is -0.119. The zero-order chi connectivity index (χ0) is 19.1. The van der Waals surface area contributed by atoms with E-state index in [1.165, 1.54) is 7.11 Å². The van der Waals surface area contributed by atoms with Gasteiger partial charge in [0.2, 0.25) is 0 Å². The molecule has 0 fully saturated rings. The van der Waals surface area contributed by atoms with Crippen LogP contribution in [0.4, 0.5) is 5.69 Å². The van der Waals surface area contributed by atoms with Crippen LogP contribution in [0.3, 0.4) is 0 Å². The molecule has 0 aliphatic heterocycles. The normalized spacial score (nSPS) is 10.3. The predicted molar refractivity (Wildman–Crippen MR) is 99.0 cm³/mol. The predicted octanol–water partition coefficient (Wildman–Crippen LogP) is 3.62. The van der Waals surface area contributed by atoms with Gasteiger partial charge in [-0.15, -0.1) is 0 Å². The van der Waals surface area contributed by atoms with Crippen LogP contribution in [0.1, 0.15) is 35.7 Å². The largest absolute Gasteiger partial charge is 0.497 e. The Kier molecular flexibility index (Phi) is 6.60. The number of anilines is 1. The van der Waals surface area contributed by atoms with Crippen LogP contribution in [0.5, 0.6) is 11.5 Å². The smallest absolute Gasteiger partial charge is 0.338 e. The Bertz CT molecular complexity index is 768. The van der Waals surface area contributed by atoms with Crippen LogP contribution in [0.2, 0.25) is 0 Å². The number of methoxy groups -OCH3 is 2. The van der Waals surface area contributed by atoms with Gasteiger partial charge in [0.1, 0.15) is 11.5 Å². The van der Waals surface area contributed by atoms with Gasteiger partial charge in [-0.1, -0.05) is 26.0 Å². The molecule has 6 heteroatoms. The van der Waals surface area contributed by atoms with Crippen LogP contribution in [0.25, 0.3) is 0 Å². The van der Waals surface area contributed by atoms with Crippen LogP contribution >= 0.6 is 0 Å². The minimum absolute atomic E-state index is 0.380. The number of hydrogen-bond donors (Lipinski definition) is 1. The van der Waals surface area contributed by atoms with Gasteiger partial charge >= 0.3 is 5.97 Å². The molecule has 0 heterocycles. The molecule has 1 N–H and O–H groups in total. The Labute approximate surface area is 153 Å². The molecule has 0 aliphatic carbocycles. The molecule has 0 aliphatic rings. The highest BCUT2D eigenvalue weighted by Crippen LogP contribution is 2.28. The van der Waals surface area contributed by atoms with Gasteiger partial charge in [-0.25, -0.2) is 4.79 Å². The van der Waals surface area contributed by atoms with Gasteiger partial charge in [-0.2, -0.15) is 0 Å². The summed E-state index contributed by atoms with van der Waals surface area (Å²) in [5, 5.41) is 2.65. The summed E-state index contributed by atoms with van der Waals surface area (Å²) in [6.45, 7) is 3.76. The molecule has 6 nitrogen and oxygen atoms in total. The molecule has 0 aromatic heterocycles. The van der Waals surface area contributed by atoms with Crippen molar-refractivity contribution in [3.05, 3.63) is 53.6 Å². The van der Waals surface area contributed by atoms with E-state index < -0.39 is 11.9 Å². The molecule has 2 aromatic carbocycles. The molecule has 0 unspecified atom stereocenters. The molecule has 26 heavy (non-hydrogen) atoms. The molecular weight excluding hydrogens is 334 g/mol. The fourth-order valence-electron chi connectivity index (χ4n) is 2.31. The van der Waals surface area contributed by atoms with Gasteiger partial charge in [-0.05, 0) is 35.7 Å². The maximum atomic E-state index is 12.0. The van der Waals surface area contributed by atoms with Crippen LogP contribution in [0.15, 0.2) is 42.5 Å². The molecule has 2 rings (SSSR count). The number of rotatable bonds is 7. The zero-order valence-corrected chi connectivity index (χ0v) is 15.4. The molecule has 0 atom stereocenters. The molecule has 1 amide bonds. The van der Waals surface area contributed by atoms with E-state index >= 15 is 0 Å². The summed E-state index contributed by atoms with van der Waals surface area (Å²) in [5.41, 5.74) is 2.01. The Hall–Kier alpha value is -3.02. The molecular formula is C20H23NO5. The first kappa shape index (κ1) is 19.3. The second-order valence-corrected chi connectivity index (χ2v) is 5.97. The molecule has 0 saturated carbocycles. The Morgan fingerprint density at radius 2 is 1.69 bits per heavy atom. The van der Waals surface area contributed by atoms with Crippen LogP contribution in [-0.2, 0) is 9.53 Å². The summed E-state index contributed by atoms with van der Waals surface area (Å²) >= 11 is 0. The lowest BCUT2D eigenvalue weighted by Gasteiger charge is -2.12. The standard InChI is InChI=1S/C20H23NO5/c1-13(2)14-5-7-15(8-6-14)20(23)26-12-19(22)21-17-10-9-16(24-3)11-18(17)25-4/h5-11,13H,12H2,1-4H3,(H,21,22). The van der Waals surface area contributed by atoms with Gasteiger partial charge in [0, 0.05) is 6.07 Å². The van der Waals surface area contributed by atoms with E-state index in [1.54, 1.807) is 37.4 Å². The number of hydrogen-bond acceptors (Lipinski definition) is 5. The highest BCUT2D eigenvalue weighted by molar-refractivity contribution is 5.96. The van der Waals surface area contributed by atoms with Gasteiger partial charge in [-0.3, -0.25) is 4.79 Å². The SMILES string of the molecule is COc1ccc(NC(=O)COC(=O)c2ccc(C(C)C)cc2)c(OC)c1. The summed E-state index contributed by atoms with van der Waals surface area (Å²) in [5.74, 6) is 0.438. The van der Waals surface area contributed by atoms with E-state index in [0.717, 1.165) is 5.56 Å². The van der Waals surface area contributed by atoms with Crippen molar-refractivity contribution >= 4 is 17.6 Å². The average Bonchev–Trinajstić information content (AvgIpc) is 2.66. The van der Waals surface area contributed by atoms with E-state index in [9.17, 15) is 9.59 Å². The third-order valence-corrected chi connectivity index (χ3v) is 3.83. The number of amides is 1. The van der Waals surface area contributed by atoms with Crippen molar-refractivity contribution in [2.75, 3.05) is 26.1 Å². The highest BCUT2D eigenvalue weighted by atomic mass is 16.5. The quantitative estimate of drug-likeness (QED) is 0.766. The number of carbonyl (C=O) groups is 2. The molecule has 2 aromatic rings. The van der Waals surface area contributed by atoms with E-state index in [2.05, 4.69) is 19.2 Å². The van der Waals surface area contributed by atoms with E-state index in [0.29, 0.717) is 28.7 Å². The average molecular weight is 357 g/mol. The summed E-state index contributed by atoms with van der Waals surface area (Å²) in [6, 6.07) is 12.2. The van der Waals surface area contributed by atoms with Gasteiger partial charge in [0.15, 0.2) is 6.61 Å². The van der Waals surface area contributed by atoms with E-state index in [1.807, 2.05) is 12.1 Å². The van der Waals surface area contributed by atoms with Crippen LogP contribution < -0.4 is 14.8 Å². The van der Waals surface area contributed by atoms with Gasteiger partial charge in [0.05, 0.1) is 25.5 Å². The fourth-order valence-corrected chi connectivity index (χ4v) is 2.31. The fraction of sp³-hybridized carbons (Fsp3) is 0.300. The highest BCUT2D eigenvalue weighted by Gasteiger charge is 2.13. The Morgan fingerprint density at radius 1 is 1.00 bits per heavy atom. The van der Waals surface area contributed by atoms with Crippen molar-refractivity contribution < 1.29 is 23.8 Å².